The Bertz CT molecular complexity index is 725. The van der Waals surface area contributed by atoms with Gasteiger partial charge in [0, 0.05) is 13.1 Å². The minimum absolute atomic E-state index is 0.118. The lowest BCUT2D eigenvalue weighted by molar-refractivity contribution is 0.0958. The van der Waals surface area contributed by atoms with Crippen molar-refractivity contribution >= 4 is 27.3 Å². The molecule has 0 fully saturated rings. The summed E-state index contributed by atoms with van der Waals surface area (Å²) in [6.45, 7) is 2.71. The van der Waals surface area contributed by atoms with Gasteiger partial charge < -0.3 is 10.1 Å². The molecular weight excluding hydrogens is 336 g/mol. The lowest BCUT2D eigenvalue weighted by Crippen LogP contribution is -2.34. The van der Waals surface area contributed by atoms with Gasteiger partial charge in [-0.2, -0.15) is 0 Å². The molecule has 1 aromatic heterocycles. The van der Waals surface area contributed by atoms with Gasteiger partial charge in [-0.1, -0.05) is 6.07 Å². The van der Waals surface area contributed by atoms with Crippen LogP contribution in [0.3, 0.4) is 0 Å². The molecule has 2 rings (SSSR count). The Morgan fingerprint density at radius 2 is 1.91 bits per heavy atom. The van der Waals surface area contributed by atoms with E-state index in [1.807, 2.05) is 12.3 Å². The van der Waals surface area contributed by atoms with Crippen LogP contribution in [0, 0.1) is 0 Å². The molecule has 2 N–H and O–H groups in total. The van der Waals surface area contributed by atoms with Gasteiger partial charge in [-0.15, -0.1) is 11.3 Å². The molecule has 1 amide bonds. The number of hydrogen-bond acceptors (Lipinski definition) is 5. The smallest absolute Gasteiger partial charge is 0.261 e. The number of nitrogens with one attached hydrogen (secondary N) is 2. The van der Waals surface area contributed by atoms with Gasteiger partial charge in [-0.25, -0.2) is 13.1 Å². The van der Waals surface area contributed by atoms with E-state index in [0.29, 0.717) is 17.2 Å². The lowest BCUT2D eigenvalue weighted by atomic mass is 10.3. The Labute approximate surface area is 139 Å². The van der Waals surface area contributed by atoms with Gasteiger partial charge in [0.15, 0.2) is 0 Å². The molecule has 0 aliphatic heterocycles. The first kappa shape index (κ1) is 17.5. The summed E-state index contributed by atoms with van der Waals surface area (Å²) >= 11 is 1.33. The van der Waals surface area contributed by atoms with Crippen molar-refractivity contribution in [3.63, 3.8) is 0 Å². The maximum Gasteiger partial charge on any atom is 0.261 e. The third-order valence-electron chi connectivity index (χ3n) is 2.89. The molecular formula is C15H18N2O4S2. The molecule has 0 saturated carbocycles. The molecule has 0 unspecified atom stereocenters. The molecule has 8 heteroatoms. The zero-order valence-corrected chi connectivity index (χ0v) is 14.2. The van der Waals surface area contributed by atoms with Crippen molar-refractivity contribution in [3.8, 4) is 5.75 Å². The zero-order chi connectivity index (χ0) is 16.7. The monoisotopic (exact) mass is 354 g/mol. The summed E-state index contributed by atoms with van der Waals surface area (Å²) in [5.41, 5.74) is 0. The summed E-state index contributed by atoms with van der Waals surface area (Å²) in [6.07, 6.45) is 0. The number of thiophene rings is 1. The number of benzene rings is 1. The van der Waals surface area contributed by atoms with Crippen LogP contribution in [0.5, 0.6) is 5.75 Å². The van der Waals surface area contributed by atoms with Crippen LogP contribution in [0.15, 0.2) is 46.7 Å². The van der Waals surface area contributed by atoms with Crippen LogP contribution < -0.4 is 14.8 Å². The van der Waals surface area contributed by atoms with Crippen molar-refractivity contribution in [2.45, 2.75) is 11.8 Å². The molecule has 1 heterocycles. The standard InChI is InChI=1S/C15H18N2O4S2/c1-2-21-12-5-7-13(8-6-12)23(19,20)17-10-9-16-15(18)14-4-3-11-22-14/h3-8,11,17H,2,9-10H2,1H3,(H,16,18). The van der Waals surface area contributed by atoms with Crippen molar-refractivity contribution < 1.29 is 17.9 Å². The van der Waals surface area contributed by atoms with Crippen LogP contribution in [0.1, 0.15) is 16.6 Å². The molecule has 6 nitrogen and oxygen atoms in total. The second-order valence-electron chi connectivity index (χ2n) is 4.54. The van der Waals surface area contributed by atoms with Crippen molar-refractivity contribution in [2.24, 2.45) is 0 Å². The number of amides is 1. The van der Waals surface area contributed by atoms with Gasteiger partial charge in [0.25, 0.3) is 5.91 Å². The summed E-state index contributed by atoms with van der Waals surface area (Å²) in [5, 5.41) is 4.47. The minimum atomic E-state index is -3.60. The summed E-state index contributed by atoms with van der Waals surface area (Å²) in [7, 11) is -3.60. The van der Waals surface area contributed by atoms with Gasteiger partial charge in [-0.05, 0) is 42.6 Å². The number of rotatable bonds is 8. The Balaban J connectivity index is 1.83. The van der Waals surface area contributed by atoms with Crippen molar-refractivity contribution in [3.05, 3.63) is 46.7 Å². The second-order valence-corrected chi connectivity index (χ2v) is 7.25. The second kappa shape index (κ2) is 8.09. The zero-order valence-electron chi connectivity index (χ0n) is 12.6. The highest BCUT2D eigenvalue weighted by atomic mass is 32.2. The van der Waals surface area contributed by atoms with E-state index >= 15 is 0 Å². The average Bonchev–Trinajstić information content (AvgIpc) is 3.07. The van der Waals surface area contributed by atoms with Crippen LogP contribution in [0.2, 0.25) is 0 Å². The van der Waals surface area contributed by atoms with Crippen molar-refractivity contribution in [1.29, 1.82) is 0 Å². The number of carbonyl (C=O) groups excluding carboxylic acids is 1. The molecule has 1 aromatic carbocycles. The Morgan fingerprint density at radius 1 is 1.17 bits per heavy atom. The maximum absolute atomic E-state index is 12.1. The SMILES string of the molecule is CCOc1ccc(S(=O)(=O)NCCNC(=O)c2cccs2)cc1. The first-order chi connectivity index (χ1) is 11.0. The predicted octanol–water partition coefficient (Wildman–Crippen LogP) is 1.86. The van der Waals surface area contributed by atoms with E-state index in [9.17, 15) is 13.2 Å². The summed E-state index contributed by atoms with van der Waals surface area (Å²) in [6, 6.07) is 9.68. The number of ether oxygens (including phenoxy) is 1. The quantitative estimate of drug-likeness (QED) is 0.709. The predicted molar refractivity (Wildman–Crippen MR) is 89.5 cm³/mol. The van der Waals surface area contributed by atoms with E-state index in [1.54, 1.807) is 24.3 Å². The van der Waals surface area contributed by atoms with Crippen molar-refractivity contribution in [2.75, 3.05) is 19.7 Å². The Hall–Kier alpha value is -1.90. The number of sulfonamides is 1. The van der Waals surface area contributed by atoms with Crippen LogP contribution in [-0.2, 0) is 10.0 Å². The fourth-order valence-corrected chi connectivity index (χ4v) is 3.49. The molecule has 2 aromatic rings. The van der Waals surface area contributed by atoms with E-state index in [2.05, 4.69) is 10.0 Å². The lowest BCUT2D eigenvalue weighted by Gasteiger charge is -2.08. The van der Waals surface area contributed by atoms with Gasteiger partial charge >= 0.3 is 0 Å². The van der Waals surface area contributed by atoms with Crippen LogP contribution >= 0.6 is 11.3 Å². The number of carbonyl (C=O) groups is 1. The molecule has 0 radical (unpaired) electrons. The van der Waals surface area contributed by atoms with Crippen molar-refractivity contribution in [1.82, 2.24) is 10.0 Å². The minimum Gasteiger partial charge on any atom is -0.494 e. The maximum atomic E-state index is 12.1. The first-order valence-corrected chi connectivity index (χ1v) is 9.43. The van der Waals surface area contributed by atoms with Gasteiger partial charge in [0.05, 0.1) is 16.4 Å². The molecule has 0 spiro atoms. The van der Waals surface area contributed by atoms with Crippen LogP contribution in [-0.4, -0.2) is 34.0 Å². The molecule has 124 valence electrons. The molecule has 0 aliphatic carbocycles. The highest BCUT2D eigenvalue weighted by Gasteiger charge is 2.13. The summed E-state index contributed by atoms with van der Waals surface area (Å²) < 4.78 is 31.9. The Kier molecular flexibility index (Phi) is 6.14. The van der Waals surface area contributed by atoms with E-state index in [-0.39, 0.29) is 23.9 Å². The fraction of sp³-hybridized carbons (Fsp3) is 0.267. The average molecular weight is 354 g/mol. The first-order valence-electron chi connectivity index (χ1n) is 7.07. The third-order valence-corrected chi connectivity index (χ3v) is 5.24. The van der Waals surface area contributed by atoms with E-state index in [4.69, 9.17) is 4.74 Å². The highest BCUT2D eigenvalue weighted by molar-refractivity contribution is 7.89. The van der Waals surface area contributed by atoms with Gasteiger partial charge in [0.2, 0.25) is 10.0 Å². The largest absolute Gasteiger partial charge is 0.494 e. The third kappa shape index (κ3) is 5.05. The Morgan fingerprint density at radius 3 is 2.52 bits per heavy atom. The van der Waals surface area contributed by atoms with E-state index in [1.165, 1.54) is 23.5 Å². The van der Waals surface area contributed by atoms with Crippen LogP contribution in [0.25, 0.3) is 0 Å². The molecule has 0 aliphatic rings. The normalized spacial score (nSPS) is 11.2. The summed E-state index contributed by atoms with van der Waals surface area (Å²) in [4.78, 5) is 12.5. The topological polar surface area (TPSA) is 84.5 Å². The van der Waals surface area contributed by atoms with Crippen LogP contribution in [0.4, 0.5) is 0 Å². The highest BCUT2D eigenvalue weighted by Crippen LogP contribution is 2.15. The fourth-order valence-electron chi connectivity index (χ4n) is 1.82. The molecule has 0 bridgehead atoms. The molecule has 0 saturated heterocycles. The summed E-state index contributed by atoms with van der Waals surface area (Å²) in [5.74, 6) is 0.412. The number of hydrogen-bond donors (Lipinski definition) is 2. The van der Waals surface area contributed by atoms with E-state index in [0.717, 1.165) is 0 Å². The van der Waals surface area contributed by atoms with Gasteiger partial charge in [-0.3, -0.25) is 4.79 Å². The molecule has 0 atom stereocenters. The molecule has 23 heavy (non-hydrogen) atoms. The van der Waals surface area contributed by atoms with E-state index < -0.39 is 10.0 Å². The van der Waals surface area contributed by atoms with Gasteiger partial charge in [0.1, 0.15) is 5.75 Å².